The van der Waals surface area contributed by atoms with Crippen LogP contribution in [-0.4, -0.2) is 41.9 Å². The zero-order valence-corrected chi connectivity index (χ0v) is 10.8. The molecule has 4 N–H and O–H groups in total. The lowest BCUT2D eigenvalue weighted by atomic mass is 10.2. The molecule has 0 aliphatic carbocycles. The zero-order valence-electron chi connectivity index (χ0n) is 10.8. The number of nitrogens with zero attached hydrogens (tertiary/aromatic N) is 6. The lowest BCUT2D eigenvalue weighted by Crippen LogP contribution is -2.26. The number of halogens is 3. The van der Waals surface area contributed by atoms with Crippen LogP contribution in [0.2, 0.25) is 0 Å². The maximum absolute atomic E-state index is 12.3. The number of aromatic nitrogens is 6. The molecule has 0 radical (unpaired) electrons. The summed E-state index contributed by atoms with van der Waals surface area (Å²) in [5.74, 6) is 5.21. The van der Waals surface area contributed by atoms with E-state index in [0.717, 1.165) is 0 Å². The second-order valence-corrected chi connectivity index (χ2v) is 4.13. The first-order chi connectivity index (χ1) is 9.87. The Morgan fingerprint density at radius 1 is 1.29 bits per heavy atom. The van der Waals surface area contributed by atoms with Gasteiger partial charge >= 0.3 is 6.18 Å². The molecule has 0 saturated carbocycles. The molecule has 9 nitrogen and oxygen atoms in total. The standard InChI is InChI=1S/C9H12F3N9/c1-5(2-9(10,11)12)16-6-17-7(20-13)19-8(18-6)21-4-14-3-15-21/h3-5H,2,13H2,1H3,(H2,16,17,18,19,20). The molecule has 2 rings (SSSR count). The molecule has 0 fully saturated rings. The van der Waals surface area contributed by atoms with Crippen molar-refractivity contribution in [1.29, 1.82) is 0 Å². The van der Waals surface area contributed by atoms with Crippen molar-refractivity contribution in [3.63, 3.8) is 0 Å². The van der Waals surface area contributed by atoms with Crippen LogP contribution in [0.5, 0.6) is 0 Å². The third kappa shape index (κ3) is 4.24. The Balaban J connectivity index is 2.21. The number of alkyl halides is 3. The second-order valence-electron chi connectivity index (χ2n) is 4.13. The quantitative estimate of drug-likeness (QED) is 0.539. The summed E-state index contributed by atoms with van der Waals surface area (Å²) in [5, 5.41) is 6.35. The number of anilines is 2. The second kappa shape index (κ2) is 5.87. The molecule has 0 amide bonds. The van der Waals surface area contributed by atoms with Crippen LogP contribution < -0.4 is 16.6 Å². The van der Waals surface area contributed by atoms with Gasteiger partial charge in [0.2, 0.25) is 11.9 Å². The summed E-state index contributed by atoms with van der Waals surface area (Å²) in [7, 11) is 0. The first-order valence-corrected chi connectivity index (χ1v) is 5.78. The van der Waals surface area contributed by atoms with E-state index in [4.69, 9.17) is 5.84 Å². The van der Waals surface area contributed by atoms with Crippen LogP contribution in [0, 0.1) is 0 Å². The Hall–Kier alpha value is -2.50. The minimum absolute atomic E-state index is 0.0165. The van der Waals surface area contributed by atoms with Gasteiger partial charge in [-0.15, -0.1) is 0 Å². The van der Waals surface area contributed by atoms with Crippen molar-refractivity contribution < 1.29 is 13.2 Å². The summed E-state index contributed by atoms with van der Waals surface area (Å²) in [6.07, 6.45) is -2.72. The molecule has 0 aliphatic heterocycles. The van der Waals surface area contributed by atoms with Gasteiger partial charge in [0.1, 0.15) is 12.7 Å². The summed E-state index contributed by atoms with van der Waals surface area (Å²) in [5.41, 5.74) is 2.21. The monoisotopic (exact) mass is 303 g/mol. The van der Waals surface area contributed by atoms with E-state index in [1.807, 2.05) is 0 Å². The van der Waals surface area contributed by atoms with Crippen molar-refractivity contribution in [2.24, 2.45) is 5.84 Å². The summed E-state index contributed by atoms with van der Waals surface area (Å²) < 4.78 is 38.2. The van der Waals surface area contributed by atoms with Gasteiger partial charge < -0.3 is 5.32 Å². The molecule has 0 spiro atoms. The molecule has 0 bridgehead atoms. The van der Waals surface area contributed by atoms with E-state index in [0.29, 0.717) is 0 Å². The van der Waals surface area contributed by atoms with Gasteiger partial charge in [-0.25, -0.2) is 10.8 Å². The predicted octanol–water partition coefficient (Wildman–Crippen LogP) is 0.491. The van der Waals surface area contributed by atoms with Crippen LogP contribution in [0.1, 0.15) is 13.3 Å². The van der Waals surface area contributed by atoms with Crippen molar-refractivity contribution in [2.75, 3.05) is 10.7 Å². The van der Waals surface area contributed by atoms with E-state index in [-0.39, 0.29) is 17.8 Å². The third-order valence-corrected chi connectivity index (χ3v) is 2.29. The first-order valence-electron chi connectivity index (χ1n) is 5.78. The van der Waals surface area contributed by atoms with Crippen molar-refractivity contribution in [3.8, 4) is 5.95 Å². The lowest BCUT2D eigenvalue weighted by molar-refractivity contribution is -0.136. The maximum atomic E-state index is 12.3. The van der Waals surface area contributed by atoms with E-state index in [2.05, 4.69) is 35.8 Å². The fourth-order valence-electron chi connectivity index (χ4n) is 1.53. The topological polar surface area (TPSA) is 119 Å². The Morgan fingerprint density at radius 3 is 2.57 bits per heavy atom. The van der Waals surface area contributed by atoms with Gasteiger partial charge in [-0.3, -0.25) is 5.43 Å². The highest BCUT2D eigenvalue weighted by Gasteiger charge is 2.30. The maximum Gasteiger partial charge on any atom is 0.391 e. The van der Waals surface area contributed by atoms with Crippen molar-refractivity contribution in [1.82, 2.24) is 29.7 Å². The minimum Gasteiger partial charge on any atom is -0.351 e. The molecule has 2 aromatic heterocycles. The van der Waals surface area contributed by atoms with Crippen LogP contribution in [0.4, 0.5) is 25.1 Å². The molecular formula is C9H12F3N9. The highest BCUT2D eigenvalue weighted by molar-refractivity contribution is 5.37. The van der Waals surface area contributed by atoms with Crippen LogP contribution in [-0.2, 0) is 0 Å². The summed E-state index contributed by atoms with van der Waals surface area (Å²) in [4.78, 5) is 15.4. The molecule has 2 aromatic rings. The average molecular weight is 303 g/mol. The number of nitrogens with two attached hydrogens (primary N) is 1. The largest absolute Gasteiger partial charge is 0.391 e. The summed E-state index contributed by atoms with van der Waals surface area (Å²) in [6.45, 7) is 1.36. The summed E-state index contributed by atoms with van der Waals surface area (Å²) >= 11 is 0. The number of hydrogen-bond donors (Lipinski definition) is 3. The highest BCUT2D eigenvalue weighted by atomic mass is 19.4. The molecular weight excluding hydrogens is 291 g/mol. The molecule has 2 heterocycles. The SMILES string of the molecule is CC(CC(F)(F)F)Nc1nc(NN)nc(-n2cncn2)n1. The van der Waals surface area contributed by atoms with E-state index in [1.165, 1.54) is 24.3 Å². The number of hydrazine groups is 1. The molecule has 1 atom stereocenters. The van der Waals surface area contributed by atoms with Gasteiger partial charge in [-0.2, -0.15) is 37.9 Å². The van der Waals surface area contributed by atoms with E-state index >= 15 is 0 Å². The zero-order chi connectivity index (χ0) is 15.5. The van der Waals surface area contributed by atoms with Crippen molar-refractivity contribution in [3.05, 3.63) is 12.7 Å². The van der Waals surface area contributed by atoms with Crippen LogP contribution in [0.15, 0.2) is 12.7 Å². The normalized spacial score (nSPS) is 13.0. The smallest absolute Gasteiger partial charge is 0.351 e. The molecule has 114 valence electrons. The van der Waals surface area contributed by atoms with E-state index in [1.54, 1.807) is 0 Å². The Labute approximate surface area is 116 Å². The lowest BCUT2D eigenvalue weighted by Gasteiger charge is -2.16. The van der Waals surface area contributed by atoms with Crippen molar-refractivity contribution in [2.45, 2.75) is 25.6 Å². The molecule has 0 saturated heterocycles. The van der Waals surface area contributed by atoms with Crippen LogP contribution in [0.25, 0.3) is 5.95 Å². The molecule has 0 aliphatic rings. The number of rotatable bonds is 5. The Kier molecular flexibility index (Phi) is 4.16. The highest BCUT2D eigenvalue weighted by Crippen LogP contribution is 2.22. The van der Waals surface area contributed by atoms with Gasteiger partial charge in [0, 0.05) is 6.04 Å². The molecule has 0 aromatic carbocycles. The Morgan fingerprint density at radius 2 is 2.00 bits per heavy atom. The third-order valence-electron chi connectivity index (χ3n) is 2.29. The number of nitrogen functional groups attached to an aromatic ring is 1. The molecule has 1 unspecified atom stereocenters. The van der Waals surface area contributed by atoms with Crippen LogP contribution >= 0.6 is 0 Å². The van der Waals surface area contributed by atoms with E-state index in [9.17, 15) is 13.2 Å². The van der Waals surface area contributed by atoms with Gasteiger partial charge in [-0.05, 0) is 6.92 Å². The molecule has 21 heavy (non-hydrogen) atoms. The Bertz CT molecular complexity index is 583. The number of nitrogens with one attached hydrogen (secondary N) is 2. The fraction of sp³-hybridized carbons (Fsp3) is 0.444. The fourth-order valence-corrected chi connectivity index (χ4v) is 1.53. The van der Waals surface area contributed by atoms with Crippen LogP contribution in [0.3, 0.4) is 0 Å². The van der Waals surface area contributed by atoms with Gasteiger partial charge in [0.15, 0.2) is 0 Å². The average Bonchev–Trinajstić information content (AvgIpc) is 2.89. The number of hydrogen-bond acceptors (Lipinski definition) is 8. The van der Waals surface area contributed by atoms with Gasteiger partial charge in [0.05, 0.1) is 6.42 Å². The van der Waals surface area contributed by atoms with Gasteiger partial charge in [0.25, 0.3) is 5.95 Å². The van der Waals surface area contributed by atoms with E-state index < -0.39 is 18.6 Å². The first kappa shape index (κ1) is 14.9. The van der Waals surface area contributed by atoms with Gasteiger partial charge in [-0.1, -0.05) is 0 Å². The predicted molar refractivity (Wildman–Crippen MR) is 66.3 cm³/mol. The summed E-state index contributed by atoms with van der Waals surface area (Å²) in [6, 6.07) is -0.915. The van der Waals surface area contributed by atoms with Crippen molar-refractivity contribution >= 4 is 11.9 Å². The minimum atomic E-state index is -4.29. The molecule has 12 heteroatoms.